The SMILES string of the molecule is CCCC[C@H]1Oc2ccccc2[C@H]2CC(c3ccccc3Cl)=NN21. The Bertz CT molecular complexity index is 774. The van der Waals surface area contributed by atoms with E-state index < -0.39 is 0 Å². The van der Waals surface area contributed by atoms with Gasteiger partial charge in [0.2, 0.25) is 0 Å². The fraction of sp³-hybridized carbons (Fsp3) is 0.350. The van der Waals surface area contributed by atoms with Gasteiger partial charge in [-0.05, 0) is 18.6 Å². The van der Waals surface area contributed by atoms with E-state index in [2.05, 4.69) is 30.1 Å². The molecule has 0 spiro atoms. The Labute approximate surface area is 147 Å². The molecule has 2 aliphatic heterocycles. The number of para-hydroxylation sites is 1. The van der Waals surface area contributed by atoms with Gasteiger partial charge in [-0.1, -0.05) is 61.3 Å². The zero-order valence-corrected chi connectivity index (χ0v) is 14.5. The zero-order valence-electron chi connectivity index (χ0n) is 13.8. The zero-order chi connectivity index (χ0) is 16.5. The standard InChI is InChI=1S/C20H21ClN2O/c1-2-3-12-20-23-18(15-9-5-7-11-19(15)24-20)13-17(22-23)14-8-4-6-10-16(14)21/h4-11,18,20H,2-3,12-13H2,1H3/t18-,20-/m1/s1. The summed E-state index contributed by atoms with van der Waals surface area (Å²) in [6, 6.07) is 16.5. The Morgan fingerprint density at radius 1 is 1.17 bits per heavy atom. The highest BCUT2D eigenvalue weighted by molar-refractivity contribution is 6.34. The van der Waals surface area contributed by atoms with Crippen molar-refractivity contribution >= 4 is 17.3 Å². The van der Waals surface area contributed by atoms with Crippen LogP contribution in [0.25, 0.3) is 0 Å². The van der Waals surface area contributed by atoms with Crippen LogP contribution >= 0.6 is 11.6 Å². The number of unbranched alkanes of at least 4 members (excludes halogenated alkanes) is 1. The van der Waals surface area contributed by atoms with Crippen molar-refractivity contribution in [2.24, 2.45) is 5.10 Å². The second-order valence-electron chi connectivity index (χ2n) is 6.38. The minimum atomic E-state index is 0.00448. The highest BCUT2D eigenvalue weighted by Gasteiger charge is 2.39. The van der Waals surface area contributed by atoms with Gasteiger partial charge in [0, 0.05) is 29.0 Å². The summed E-state index contributed by atoms with van der Waals surface area (Å²) in [4.78, 5) is 0. The van der Waals surface area contributed by atoms with Gasteiger partial charge in [-0.3, -0.25) is 5.01 Å². The number of hydrazone groups is 1. The van der Waals surface area contributed by atoms with Crippen molar-refractivity contribution in [2.75, 3.05) is 0 Å². The lowest BCUT2D eigenvalue weighted by atomic mass is 9.96. The fourth-order valence-corrected chi connectivity index (χ4v) is 3.78. The van der Waals surface area contributed by atoms with E-state index in [1.807, 2.05) is 30.3 Å². The van der Waals surface area contributed by atoms with Gasteiger partial charge in [-0.25, -0.2) is 0 Å². The van der Waals surface area contributed by atoms with Gasteiger partial charge in [0.15, 0.2) is 6.23 Å². The van der Waals surface area contributed by atoms with Crippen LogP contribution in [0.2, 0.25) is 5.02 Å². The molecule has 0 N–H and O–H groups in total. The topological polar surface area (TPSA) is 24.8 Å². The van der Waals surface area contributed by atoms with E-state index in [4.69, 9.17) is 21.4 Å². The van der Waals surface area contributed by atoms with E-state index >= 15 is 0 Å². The Morgan fingerprint density at radius 2 is 1.96 bits per heavy atom. The molecule has 0 unspecified atom stereocenters. The minimum Gasteiger partial charge on any atom is -0.469 e. The van der Waals surface area contributed by atoms with Crippen LogP contribution in [-0.4, -0.2) is 16.9 Å². The van der Waals surface area contributed by atoms with E-state index in [-0.39, 0.29) is 12.3 Å². The summed E-state index contributed by atoms with van der Waals surface area (Å²) in [6.45, 7) is 2.21. The lowest BCUT2D eigenvalue weighted by molar-refractivity contribution is -0.0231. The number of nitrogens with zero attached hydrogens (tertiary/aromatic N) is 2. The Balaban J connectivity index is 1.71. The first kappa shape index (κ1) is 15.5. The second kappa shape index (κ2) is 6.48. The summed E-state index contributed by atoms with van der Waals surface area (Å²) in [5, 5.41) is 7.82. The molecule has 0 amide bonds. The number of halogens is 1. The molecule has 0 saturated heterocycles. The fourth-order valence-electron chi connectivity index (χ4n) is 3.54. The molecular weight excluding hydrogens is 320 g/mol. The molecule has 2 aromatic carbocycles. The molecule has 3 nitrogen and oxygen atoms in total. The summed E-state index contributed by atoms with van der Waals surface area (Å²) in [5.74, 6) is 0.996. The van der Waals surface area contributed by atoms with E-state index in [1.54, 1.807) is 0 Å². The van der Waals surface area contributed by atoms with Crippen LogP contribution < -0.4 is 4.74 Å². The Morgan fingerprint density at radius 3 is 2.79 bits per heavy atom. The number of ether oxygens (including phenoxy) is 1. The summed E-state index contributed by atoms with van der Waals surface area (Å²) in [7, 11) is 0. The normalized spacial score (nSPS) is 21.8. The summed E-state index contributed by atoms with van der Waals surface area (Å²) in [6.07, 6.45) is 4.14. The molecular formula is C20H21ClN2O. The van der Waals surface area contributed by atoms with E-state index in [1.165, 1.54) is 5.56 Å². The van der Waals surface area contributed by atoms with Gasteiger partial charge in [0.25, 0.3) is 0 Å². The van der Waals surface area contributed by atoms with Gasteiger partial charge in [-0.15, -0.1) is 0 Å². The smallest absolute Gasteiger partial charge is 0.187 e. The maximum Gasteiger partial charge on any atom is 0.187 e. The lowest BCUT2D eigenvalue weighted by Gasteiger charge is -2.38. The monoisotopic (exact) mass is 340 g/mol. The first-order valence-corrected chi connectivity index (χ1v) is 9.02. The van der Waals surface area contributed by atoms with Crippen molar-refractivity contribution in [3.63, 3.8) is 0 Å². The first-order valence-electron chi connectivity index (χ1n) is 8.64. The van der Waals surface area contributed by atoms with Gasteiger partial charge in [0.05, 0.1) is 11.8 Å². The average molecular weight is 341 g/mol. The highest BCUT2D eigenvalue weighted by atomic mass is 35.5. The largest absolute Gasteiger partial charge is 0.469 e. The molecule has 0 radical (unpaired) electrons. The van der Waals surface area contributed by atoms with Crippen molar-refractivity contribution in [1.29, 1.82) is 0 Å². The predicted octanol–water partition coefficient (Wildman–Crippen LogP) is 5.40. The van der Waals surface area contributed by atoms with Crippen molar-refractivity contribution in [2.45, 2.75) is 44.9 Å². The molecule has 4 rings (SSSR count). The number of hydrogen-bond acceptors (Lipinski definition) is 3. The van der Waals surface area contributed by atoms with E-state index in [0.717, 1.165) is 47.7 Å². The van der Waals surface area contributed by atoms with Crippen LogP contribution in [0.15, 0.2) is 53.6 Å². The molecule has 2 heterocycles. The quantitative estimate of drug-likeness (QED) is 0.744. The molecule has 0 aliphatic carbocycles. The third kappa shape index (κ3) is 2.67. The van der Waals surface area contributed by atoms with Gasteiger partial charge in [-0.2, -0.15) is 5.10 Å². The minimum absolute atomic E-state index is 0.00448. The van der Waals surface area contributed by atoms with Crippen LogP contribution in [0.3, 0.4) is 0 Å². The third-order valence-corrected chi connectivity index (χ3v) is 5.10. The molecule has 2 aliphatic rings. The van der Waals surface area contributed by atoms with Crippen LogP contribution in [-0.2, 0) is 0 Å². The molecule has 0 aromatic heterocycles. The summed E-state index contributed by atoms with van der Waals surface area (Å²) >= 11 is 6.39. The average Bonchev–Trinajstić information content (AvgIpc) is 3.05. The number of hydrogen-bond donors (Lipinski definition) is 0. The Kier molecular flexibility index (Phi) is 4.19. The van der Waals surface area contributed by atoms with Crippen LogP contribution in [0.1, 0.15) is 49.8 Å². The first-order chi connectivity index (χ1) is 11.8. The second-order valence-corrected chi connectivity index (χ2v) is 6.79. The molecule has 0 saturated carbocycles. The molecule has 2 aromatic rings. The molecule has 0 bridgehead atoms. The summed E-state index contributed by atoms with van der Waals surface area (Å²) < 4.78 is 6.25. The lowest BCUT2D eigenvalue weighted by Crippen LogP contribution is -2.40. The van der Waals surface area contributed by atoms with E-state index in [9.17, 15) is 0 Å². The maximum absolute atomic E-state index is 6.39. The number of rotatable bonds is 4. The number of fused-ring (bicyclic) bond motifs is 3. The molecule has 24 heavy (non-hydrogen) atoms. The van der Waals surface area contributed by atoms with E-state index in [0.29, 0.717) is 0 Å². The molecule has 124 valence electrons. The van der Waals surface area contributed by atoms with Crippen LogP contribution in [0.5, 0.6) is 5.75 Å². The molecule has 2 atom stereocenters. The third-order valence-electron chi connectivity index (χ3n) is 4.77. The molecule has 4 heteroatoms. The summed E-state index contributed by atoms with van der Waals surface area (Å²) in [5.41, 5.74) is 3.30. The van der Waals surface area contributed by atoms with Gasteiger partial charge < -0.3 is 4.74 Å². The van der Waals surface area contributed by atoms with Crippen molar-refractivity contribution < 1.29 is 4.74 Å². The van der Waals surface area contributed by atoms with Gasteiger partial charge >= 0.3 is 0 Å². The molecule has 0 fully saturated rings. The van der Waals surface area contributed by atoms with Crippen LogP contribution in [0.4, 0.5) is 0 Å². The van der Waals surface area contributed by atoms with Crippen molar-refractivity contribution in [3.05, 3.63) is 64.7 Å². The highest BCUT2D eigenvalue weighted by Crippen LogP contribution is 2.44. The van der Waals surface area contributed by atoms with Crippen LogP contribution in [0, 0.1) is 0 Å². The maximum atomic E-state index is 6.39. The van der Waals surface area contributed by atoms with Crippen molar-refractivity contribution in [1.82, 2.24) is 5.01 Å². The van der Waals surface area contributed by atoms with Crippen molar-refractivity contribution in [3.8, 4) is 5.75 Å². The number of benzene rings is 2. The predicted molar refractivity (Wildman–Crippen MR) is 97.6 cm³/mol. The van der Waals surface area contributed by atoms with Gasteiger partial charge in [0.1, 0.15) is 5.75 Å². The Hall–Kier alpha value is -2.00.